The summed E-state index contributed by atoms with van der Waals surface area (Å²) in [6.07, 6.45) is 6.27. The van der Waals surface area contributed by atoms with Crippen molar-refractivity contribution >= 4 is 22.3 Å². The minimum Gasteiger partial charge on any atom is -0.481 e. The van der Waals surface area contributed by atoms with Crippen molar-refractivity contribution < 1.29 is 9.13 Å². The molecule has 1 saturated heterocycles. The smallest absolute Gasteiger partial charge is 0.213 e. The lowest BCUT2D eigenvalue weighted by Crippen LogP contribution is -2.37. The summed E-state index contributed by atoms with van der Waals surface area (Å²) >= 11 is 0. The van der Waals surface area contributed by atoms with E-state index >= 15 is 0 Å². The maximum absolute atomic E-state index is 14.7. The van der Waals surface area contributed by atoms with E-state index in [4.69, 9.17) is 9.73 Å². The molecule has 190 valence electrons. The van der Waals surface area contributed by atoms with Gasteiger partial charge in [-0.05, 0) is 83.3 Å². The number of allylic oxidation sites excluding steroid dienone is 2. The number of aliphatic imine (C=N–C) groups is 1. The molecule has 0 aliphatic carbocycles. The number of hydrogen-bond acceptors (Lipinski definition) is 5. The van der Waals surface area contributed by atoms with E-state index in [1.807, 2.05) is 6.07 Å². The molecule has 3 heterocycles. The molecular weight excluding hydrogens is 451 g/mol. The van der Waals surface area contributed by atoms with E-state index in [0.717, 1.165) is 32.5 Å². The third-order valence-corrected chi connectivity index (χ3v) is 6.91. The Morgan fingerprint density at radius 1 is 1.17 bits per heavy atom. The number of halogens is 1. The Morgan fingerprint density at radius 3 is 2.56 bits per heavy atom. The highest BCUT2D eigenvalue weighted by molar-refractivity contribution is 6.02. The third-order valence-electron chi connectivity index (χ3n) is 6.91. The first-order valence-corrected chi connectivity index (χ1v) is 12.9. The number of methoxy groups -OCH3 is 1. The van der Waals surface area contributed by atoms with Crippen molar-refractivity contribution in [1.29, 1.82) is 0 Å². The second kappa shape index (κ2) is 11.7. The minimum atomic E-state index is -0.304. The van der Waals surface area contributed by atoms with Crippen molar-refractivity contribution in [3.63, 3.8) is 0 Å². The average molecular weight is 489 g/mol. The molecule has 1 aliphatic heterocycles. The molecular formula is C30H37FN4O. The van der Waals surface area contributed by atoms with E-state index in [-0.39, 0.29) is 11.9 Å². The molecule has 0 amide bonds. The van der Waals surface area contributed by atoms with Crippen LogP contribution < -0.4 is 4.74 Å². The molecule has 0 saturated carbocycles. The lowest BCUT2D eigenvalue weighted by Gasteiger charge is -2.32. The van der Waals surface area contributed by atoms with Gasteiger partial charge < -0.3 is 9.64 Å². The zero-order valence-electron chi connectivity index (χ0n) is 22.1. The Balaban J connectivity index is 1.42. The number of benzene rings is 1. The van der Waals surface area contributed by atoms with Crippen LogP contribution in [0, 0.1) is 18.7 Å². The van der Waals surface area contributed by atoms with Gasteiger partial charge in [-0.25, -0.2) is 9.37 Å². The molecule has 0 N–H and O–H groups in total. The molecule has 36 heavy (non-hydrogen) atoms. The molecule has 0 unspecified atom stereocenters. The SMILES string of the molecule is COc1ccc2ncc(F)c(CCN3CCC(C(/C=C(\C)c4ccc(C)cc4)=NC(C)C)CC3)c2n1. The Hall–Kier alpha value is -3.12. The van der Waals surface area contributed by atoms with Crippen LogP contribution in [0.15, 0.2) is 53.7 Å². The molecule has 0 atom stereocenters. The van der Waals surface area contributed by atoms with Crippen LogP contribution in [-0.4, -0.2) is 53.4 Å². The van der Waals surface area contributed by atoms with Gasteiger partial charge in [-0.2, -0.15) is 0 Å². The number of aromatic nitrogens is 2. The number of aryl methyl sites for hydroxylation is 1. The van der Waals surface area contributed by atoms with Crippen LogP contribution in [0.4, 0.5) is 4.39 Å². The number of fused-ring (bicyclic) bond motifs is 1. The van der Waals surface area contributed by atoms with Gasteiger partial charge in [-0.3, -0.25) is 9.98 Å². The summed E-state index contributed by atoms with van der Waals surface area (Å²) in [6, 6.07) is 12.5. The fourth-order valence-electron chi connectivity index (χ4n) is 4.83. The molecule has 6 heteroatoms. The topological polar surface area (TPSA) is 50.6 Å². The van der Waals surface area contributed by atoms with Gasteiger partial charge in [0.15, 0.2) is 0 Å². The summed E-state index contributed by atoms with van der Waals surface area (Å²) in [6.45, 7) is 11.3. The van der Waals surface area contributed by atoms with E-state index in [1.54, 1.807) is 13.2 Å². The normalized spacial score (nSPS) is 16.2. The number of likely N-dealkylation sites (tertiary alicyclic amines) is 1. The highest BCUT2D eigenvalue weighted by atomic mass is 19.1. The Labute approximate surface area is 214 Å². The predicted molar refractivity (Wildman–Crippen MR) is 146 cm³/mol. The molecule has 1 fully saturated rings. The van der Waals surface area contributed by atoms with Crippen LogP contribution in [0.25, 0.3) is 16.6 Å². The Morgan fingerprint density at radius 2 is 1.89 bits per heavy atom. The van der Waals surface area contributed by atoms with Crippen LogP contribution in [0.2, 0.25) is 0 Å². The van der Waals surface area contributed by atoms with Gasteiger partial charge >= 0.3 is 0 Å². The van der Waals surface area contributed by atoms with Crippen molar-refractivity contribution in [1.82, 2.24) is 14.9 Å². The van der Waals surface area contributed by atoms with E-state index in [0.29, 0.717) is 34.8 Å². The molecule has 0 spiro atoms. The fraction of sp³-hybridized carbons (Fsp3) is 0.433. The summed E-state index contributed by atoms with van der Waals surface area (Å²) in [7, 11) is 1.57. The molecule has 3 aromatic rings. The van der Waals surface area contributed by atoms with Crippen LogP contribution in [0.1, 0.15) is 50.3 Å². The first kappa shape index (κ1) is 26.0. The van der Waals surface area contributed by atoms with E-state index in [9.17, 15) is 4.39 Å². The lowest BCUT2D eigenvalue weighted by molar-refractivity contribution is 0.211. The van der Waals surface area contributed by atoms with Crippen LogP contribution >= 0.6 is 0 Å². The highest BCUT2D eigenvalue weighted by Gasteiger charge is 2.23. The van der Waals surface area contributed by atoms with Crippen molar-refractivity contribution in [2.24, 2.45) is 10.9 Å². The van der Waals surface area contributed by atoms with Crippen LogP contribution in [-0.2, 0) is 6.42 Å². The van der Waals surface area contributed by atoms with Gasteiger partial charge in [-0.1, -0.05) is 29.8 Å². The van der Waals surface area contributed by atoms with Crippen LogP contribution in [0.3, 0.4) is 0 Å². The fourth-order valence-corrected chi connectivity index (χ4v) is 4.83. The maximum Gasteiger partial charge on any atom is 0.213 e. The van der Waals surface area contributed by atoms with Gasteiger partial charge in [0.05, 0.1) is 24.3 Å². The zero-order chi connectivity index (χ0) is 25.7. The predicted octanol–water partition coefficient (Wildman–Crippen LogP) is 6.29. The number of ether oxygens (including phenoxy) is 1. The zero-order valence-corrected chi connectivity index (χ0v) is 22.1. The summed E-state index contributed by atoms with van der Waals surface area (Å²) in [4.78, 5) is 16.1. The third kappa shape index (κ3) is 6.35. The minimum absolute atomic E-state index is 0.257. The molecule has 1 aromatic carbocycles. The monoisotopic (exact) mass is 488 g/mol. The second-order valence-electron chi connectivity index (χ2n) is 10.0. The summed E-state index contributed by atoms with van der Waals surface area (Å²) < 4.78 is 19.9. The molecule has 4 rings (SSSR count). The van der Waals surface area contributed by atoms with Crippen molar-refractivity contribution in [3.8, 4) is 5.88 Å². The van der Waals surface area contributed by atoms with Crippen molar-refractivity contribution in [2.45, 2.75) is 53.0 Å². The summed E-state index contributed by atoms with van der Waals surface area (Å²) in [5, 5.41) is 0. The molecule has 2 aromatic heterocycles. The van der Waals surface area contributed by atoms with Gasteiger partial charge in [-0.15, -0.1) is 0 Å². The summed E-state index contributed by atoms with van der Waals surface area (Å²) in [5.41, 5.74) is 6.85. The molecule has 1 aliphatic rings. The number of hydrogen-bond donors (Lipinski definition) is 0. The first-order valence-electron chi connectivity index (χ1n) is 12.9. The van der Waals surface area contributed by atoms with E-state index in [1.165, 1.54) is 28.6 Å². The Kier molecular flexibility index (Phi) is 8.47. The van der Waals surface area contributed by atoms with E-state index < -0.39 is 0 Å². The quantitative estimate of drug-likeness (QED) is 0.350. The molecule has 5 nitrogen and oxygen atoms in total. The Bertz CT molecular complexity index is 1240. The average Bonchev–Trinajstić information content (AvgIpc) is 2.87. The standard InChI is InChI=1S/C30H37FN4O/c1-20(2)33-28(18-22(4)23-8-6-21(3)7-9-23)24-12-15-35(16-13-24)17-14-25-26(31)19-32-27-10-11-29(36-5)34-30(25)27/h6-11,18-20,24H,12-17H2,1-5H3/b22-18+,33-28?. The summed E-state index contributed by atoms with van der Waals surface area (Å²) in [5.74, 6) is 0.609. The first-order chi connectivity index (χ1) is 17.3. The van der Waals surface area contributed by atoms with Crippen molar-refractivity contribution in [3.05, 3.63) is 71.2 Å². The van der Waals surface area contributed by atoms with Crippen molar-refractivity contribution in [2.75, 3.05) is 26.7 Å². The number of piperidine rings is 1. The van der Waals surface area contributed by atoms with Gasteiger partial charge in [0.25, 0.3) is 0 Å². The maximum atomic E-state index is 14.7. The van der Waals surface area contributed by atoms with Gasteiger partial charge in [0.2, 0.25) is 5.88 Å². The largest absolute Gasteiger partial charge is 0.481 e. The molecule has 0 radical (unpaired) electrons. The second-order valence-corrected chi connectivity index (χ2v) is 10.0. The number of pyridine rings is 2. The van der Waals surface area contributed by atoms with Gasteiger partial charge in [0, 0.05) is 35.8 Å². The van der Waals surface area contributed by atoms with Gasteiger partial charge in [0.1, 0.15) is 5.82 Å². The van der Waals surface area contributed by atoms with E-state index in [2.05, 4.69) is 72.9 Å². The highest BCUT2D eigenvalue weighted by Crippen LogP contribution is 2.25. The number of rotatable bonds is 8. The number of nitrogens with zero attached hydrogens (tertiary/aromatic N) is 4. The molecule has 0 bridgehead atoms. The lowest BCUT2D eigenvalue weighted by atomic mass is 9.89. The van der Waals surface area contributed by atoms with Crippen LogP contribution in [0.5, 0.6) is 5.88 Å².